The maximum atomic E-state index is 13.2. The van der Waals surface area contributed by atoms with E-state index in [0.29, 0.717) is 11.6 Å². The average molecular weight is 487 g/mol. The first-order valence-electron chi connectivity index (χ1n) is 10.4. The van der Waals surface area contributed by atoms with Gasteiger partial charge in [0.1, 0.15) is 0 Å². The van der Waals surface area contributed by atoms with Crippen LogP contribution in [0, 0.1) is 0 Å². The number of halogens is 5. The van der Waals surface area contributed by atoms with Gasteiger partial charge in [0.05, 0.1) is 16.3 Å². The molecule has 1 spiro atoms. The minimum absolute atomic E-state index is 0.0178. The quantitative estimate of drug-likeness (QED) is 0.433. The molecule has 2 aromatic carbocycles. The molecule has 0 unspecified atom stereocenters. The Morgan fingerprint density at radius 1 is 0.968 bits per heavy atom. The van der Waals surface area contributed by atoms with Crippen LogP contribution < -0.4 is 0 Å². The van der Waals surface area contributed by atoms with Crippen LogP contribution in [0.1, 0.15) is 49.7 Å². The van der Waals surface area contributed by atoms with E-state index < -0.39 is 11.7 Å². The smallest absolute Gasteiger partial charge is 0.341 e. The van der Waals surface area contributed by atoms with E-state index in [-0.39, 0.29) is 16.2 Å². The number of rotatable bonds is 3. The van der Waals surface area contributed by atoms with Gasteiger partial charge >= 0.3 is 6.18 Å². The van der Waals surface area contributed by atoms with Gasteiger partial charge < -0.3 is 4.90 Å². The molecule has 2 aromatic rings. The monoisotopic (exact) mass is 486 g/mol. The van der Waals surface area contributed by atoms with Crippen LogP contribution in [-0.2, 0) is 12.7 Å². The van der Waals surface area contributed by atoms with Crippen LogP contribution in [0.25, 0.3) is 0 Å². The summed E-state index contributed by atoms with van der Waals surface area (Å²) in [5.74, 6) is 0.895. The van der Waals surface area contributed by atoms with Crippen LogP contribution in [0.2, 0.25) is 10.0 Å². The van der Waals surface area contributed by atoms with E-state index in [9.17, 15) is 13.2 Å². The van der Waals surface area contributed by atoms with Gasteiger partial charge in [-0.15, -0.1) is 0 Å². The second kappa shape index (κ2) is 9.24. The van der Waals surface area contributed by atoms with Crippen LogP contribution in [0.3, 0.4) is 0 Å². The van der Waals surface area contributed by atoms with E-state index in [0.717, 1.165) is 60.7 Å². The van der Waals surface area contributed by atoms with Gasteiger partial charge in [0.25, 0.3) is 0 Å². The first-order valence-corrected chi connectivity index (χ1v) is 12.1. The molecule has 4 rings (SSSR count). The topological polar surface area (TPSA) is 15.6 Å². The van der Waals surface area contributed by atoms with Crippen molar-refractivity contribution in [3.05, 3.63) is 63.6 Å². The summed E-state index contributed by atoms with van der Waals surface area (Å²) < 4.78 is 39.7. The number of hydrogen-bond donors (Lipinski definition) is 0. The molecule has 0 atom stereocenters. The van der Waals surface area contributed by atoms with Gasteiger partial charge in [0, 0.05) is 22.9 Å². The standard InChI is InChI=1S/C23H23Cl2F3N2S/c24-18-7-4-16(5-8-18)15-30-21(31-13-12-22(30)10-2-1-3-11-22)29-20-14-17(23(26,27)28)6-9-19(20)25/h4-9,14H,1-3,10-13,15H2. The van der Waals surface area contributed by atoms with Gasteiger partial charge in [-0.1, -0.05) is 66.4 Å². The van der Waals surface area contributed by atoms with Gasteiger partial charge in [-0.2, -0.15) is 13.2 Å². The van der Waals surface area contributed by atoms with Crippen molar-refractivity contribution >= 4 is 45.8 Å². The zero-order valence-electron chi connectivity index (χ0n) is 16.9. The third kappa shape index (κ3) is 5.18. The predicted octanol–water partition coefficient (Wildman–Crippen LogP) is 8.34. The number of nitrogens with zero attached hydrogens (tertiary/aromatic N) is 2. The summed E-state index contributed by atoms with van der Waals surface area (Å²) in [6, 6.07) is 11.0. The fourth-order valence-electron chi connectivity index (χ4n) is 4.46. The van der Waals surface area contributed by atoms with E-state index >= 15 is 0 Å². The molecule has 0 aromatic heterocycles. The van der Waals surface area contributed by atoms with Gasteiger partial charge in [-0.3, -0.25) is 0 Å². The van der Waals surface area contributed by atoms with E-state index in [4.69, 9.17) is 23.2 Å². The molecule has 1 aliphatic heterocycles. The second-order valence-electron chi connectivity index (χ2n) is 8.15. The number of aliphatic imine (C=N–C) groups is 1. The van der Waals surface area contributed by atoms with Crippen LogP contribution in [0.4, 0.5) is 18.9 Å². The van der Waals surface area contributed by atoms with Gasteiger partial charge in [0.2, 0.25) is 0 Å². The molecule has 8 heteroatoms. The molecule has 0 bridgehead atoms. The third-order valence-corrected chi connectivity index (χ3v) is 7.68. The maximum absolute atomic E-state index is 13.2. The van der Waals surface area contributed by atoms with Crippen molar-refractivity contribution in [2.24, 2.45) is 4.99 Å². The summed E-state index contributed by atoms with van der Waals surface area (Å²) >= 11 is 13.9. The molecule has 0 N–H and O–H groups in total. The predicted molar refractivity (Wildman–Crippen MR) is 123 cm³/mol. The molecule has 0 radical (unpaired) electrons. The fourth-order valence-corrected chi connectivity index (χ4v) is 5.98. The first-order chi connectivity index (χ1) is 14.8. The van der Waals surface area contributed by atoms with Crippen LogP contribution in [0.15, 0.2) is 47.5 Å². The summed E-state index contributed by atoms with van der Waals surface area (Å²) in [7, 11) is 0. The Labute approximate surface area is 194 Å². The number of thioether (sulfide) groups is 1. The minimum Gasteiger partial charge on any atom is -0.341 e. The van der Waals surface area contributed by atoms with Crippen molar-refractivity contribution in [2.45, 2.75) is 56.8 Å². The second-order valence-corrected chi connectivity index (χ2v) is 10.1. The Hall–Kier alpha value is -1.37. The lowest BCUT2D eigenvalue weighted by Gasteiger charge is -2.51. The normalized spacial score (nSPS) is 20.4. The molecule has 0 amide bonds. The number of alkyl halides is 3. The Balaban J connectivity index is 1.74. The highest BCUT2D eigenvalue weighted by molar-refractivity contribution is 8.13. The zero-order valence-corrected chi connectivity index (χ0v) is 19.2. The average Bonchev–Trinajstić information content (AvgIpc) is 2.73. The maximum Gasteiger partial charge on any atom is 0.416 e. The largest absolute Gasteiger partial charge is 0.416 e. The zero-order chi connectivity index (χ0) is 22.1. The number of hydrogen-bond acceptors (Lipinski definition) is 2. The highest BCUT2D eigenvalue weighted by atomic mass is 35.5. The Kier molecular flexibility index (Phi) is 6.80. The molecule has 2 aliphatic rings. The van der Waals surface area contributed by atoms with Crippen molar-refractivity contribution < 1.29 is 13.2 Å². The summed E-state index contributed by atoms with van der Waals surface area (Å²) in [5, 5.41) is 1.63. The summed E-state index contributed by atoms with van der Waals surface area (Å²) in [6.07, 6.45) is 2.26. The molecular formula is C23H23Cl2F3N2S. The Bertz CT molecular complexity index is 949. The SMILES string of the molecule is FC(F)(F)c1ccc(Cl)c(N=C2SCCC3(CCCCC3)N2Cc2ccc(Cl)cc2)c1. The molecule has 31 heavy (non-hydrogen) atoms. The van der Waals surface area contributed by atoms with E-state index in [2.05, 4.69) is 9.89 Å². The van der Waals surface area contributed by atoms with Crippen molar-refractivity contribution in [1.82, 2.24) is 4.90 Å². The summed E-state index contributed by atoms with van der Waals surface area (Å²) in [6.45, 7) is 0.638. The van der Waals surface area contributed by atoms with E-state index in [1.54, 1.807) is 11.8 Å². The van der Waals surface area contributed by atoms with Crippen molar-refractivity contribution in [2.75, 3.05) is 5.75 Å². The molecule has 2 fully saturated rings. The molecule has 2 nitrogen and oxygen atoms in total. The summed E-state index contributed by atoms with van der Waals surface area (Å²) in [5.41, 5.74) is 0.497. The molecule has 166 valence electrons. The minimum atomic E-state index is -4.44. The molecular weight excluding hydrogens is 464 g/mol. The Morgan fingerprint density at radius 2 is 1.68 bits per heavy atom. The lowest BCUT2D eigenvalue weighted by atomic mass is 9.78. The molecule has 1 aliphatic carbocycles. The van der Waals surface area contributed by atoms with Crippen LogP contribution >= 0.6 is 35.0 Å². The number of benzene rings is 2. The lowest BCUT2D eigenvalue weighted by Crippen LogP contribution is -2.54. The van der Waals surface area contributed by atoms with Crippen molar-refractivity contribution in [1.29, 1.82) is 0 Å². The third-order valence-electron chi connectivity index (χ3n) is 6.13. The van der Waals surface area contributed by atoms with Gasteiger partial charge in [0.15, 0.2) is 5.17 Å². The first kappa shape index (κ1) is 22.8. The van der Waals surface area contributed by atoms with Gasteiger partial charge in [-0.05, 0) is 55.2 Å². The lowest BCUT2D eigenvalue weighted by molar-refractivity contribution is -0.137. The molecule has 1 heterocycles. The highest BCUT2D eigenvalue weighted by Crippen LogP contribution is 2.44. The summed E-state index contributed by atoms with van der Waals surface area (Å²) in [4.78, 5) is 6.99. The fraction of sp³-hybridized carbons (Fsp3) is 0.435. The van der Waals surface area contributed by atoms with Crippen LogP contribution in [0.5, 0.6) is 0 Å². The van der Waals surface area contributed by atoms with E-state index in [1.165, 1.54) is 12.5 Å². The van der Waals surface area contributed by atoms with Gasteiger partial charge in [-0.25, -0.2) is 4.99 Å². The van der Waals surface area contributed by atoms with E-state index in [1.807, 2.05) is 24.3 Å². The van der Waals surface area contributed by atoms with Crippen molar-refractivity contribution in [3.63, 3.8) is 0 Å². The van der Waals surface area contributed by atoms with Crippen LogP contribution in [-0.4, -0.2) is 21.4 Å². The highest BCUT2D eigenvalue weighted by Gasteiger charge is 2.42. The number of amidine groups is 1. The molecule has 1 saturated carbocycles. The molecule has 1 saturated heterocycles. The Morgan fingerprint density at radius 3 is 2.35 bits per heavy atom. The van der Waals surface area contributed by atoms with Crippen molar-refractivity contribution in [3.8, 4) is 0 Å².